The summed E-state index contributed by atoms with van der Waals surface area (Å²) >= 11 is 0. The normalized spacial score (nSPS) is 11.0. The number of hydrogen-bond donors (Lipinski definition) is 0. The molecule has 0 unspecified atom stereocenters. The average molecular weight is 328 g/mol. The number of carbonyl (C=O) groups is 2. The molecule has 24 heavy (non-hydrogen) atoms. The molecule has 2 rings (SSSR count). The summed E-state index contributed by atoms with van der Waals surface area (Å²) in [6.45, 7) is 5.38. The fourth-order valence-electron chi connectivity index (χ4n) is 2.50. The highest BCUT2D eigenvalue weighted by molar-refractivity contribution is 5.99. The first-order valence-corrected chi connectivity index (χ1v) is 7.65. The maximum Gasteiger partial charge on any atom is 0.275 e. The van der Waals surface area contributed by atoms with Gasteiger partial charge in [-0.25, -0.2) is 14.4 Å². The highest BCUT2D eigenvalue weighted by Crippen LogP contribution is 2.22. The van der Waals surface area contributed by atoms with Crippen LogP contribution < -0.4 is 0 Å². The van der Waals surface area contributed by atoms with Crippen LogP contribution in [0.1, 0.15) is 41.5 Å². The van der Waals surface area contributed by atoms with E-state index in [4.69, 9.17) is 0 Å². The van der Waals surface area contributed by atoms with Gasteiger partial charge in [-0.3, -0.25) is 9.59 Å². The lowest BCUT2D eigenvalue weighted by molar-refractivity contribution is -0.0310. The van der Waals surface area contributed by atoms with E-state index in [2.05, 4.69) is 0 Å². The Bertz CT molecular complexity index is 739. The first-order chi connectivity index (χ1) is 11.2. The topological polar surface area (TPSA) is 40.6 Å². The number of hydrazine groups is 1. The van der Waals surface area contributed by atoms with Crippen molar-refractivity contribution < 1.29 is 14.0 Å². The van der Waals surface area contributed by atoms with Gasteiger partial charge in [0.05, 0.1) is 11.1 Å². The highest BCUT2D eigenvalue weighted by atomic mass is 19.1. The van der Waals surface area contributed by atoms with Gasteiger partial charge in [-0.15, -0.1) is 0 Å². The summed E-state index contributed by atoms with van der Waals surface area (Å²) in [4.78, 5) is 25.6. The van der Waals surface area contributed by atoms with Gasteiger partial charge < -0.3 is 0 Å². The third kappa shape index (κ3) is 3.62. The Morgan fingerprint density at radius 3 is 1.96 bits per heavy atom. The van der Waals surface area contributed by atoms with Gasteiger partial charge in [0.25, 0.3) is 11.8 Å². The zero-order chi connectivity index (χ0) is 17.9. The van der Waals surface area contributed by atoms with E-state index >= 15 is 0 Å². The summed E-state index contributed by atoms with van der Waals surface area (Å²) in [7, 11) is 1.51. The highest BCUT2D eigenvalue weighted by Gasteiger charge is 2.34. The van der Waals surface area contributed by atoms with Gasteiger partial charge >= 0.3 is 0 Å². The van der Waals surface area contributed by atoms with Gasteiger partial charge in [0, 0.05) is 12.6 Å². The first-order valence-electron chi connectivity index (χ1n) is 7.65. The number of halogens is 1. The molecule has 0 saturated carbocycles. The van der Waals surface area contributed by atoms with Gasteiger partial charge in [-0.05, 0) is 45.0 Å². The molecule has 0 radical (unpaired) electrons. The Morgan fingerprint density at radius 1 is 0.875 bits per heavy atom. The van der Waals surface area contributed by atoms with Crippen molar-refractivity contribution in [3.63, 3.8) is 0 Å². The fourth-order valence-corrected chi connectivity index (χ4v) is 2.50. The third-order valence-electron chi connectivity index (χ3n) is 3.55. The molecule has 5 heteroatoms. The molecule has 0 aliphatic heterocycles. The molecular formula is C19H21FN2O2. The Hall–Kier alpha value is -2.69. The monoisotopic (exact) mass is 328 g/mol. The standard InChI is InChI=1S/C19H21FN2O2/c1-19(2,3)22(18(24)15-12-8-9-13-16(15)20)21(4)17(23)14-10-6-5-7-11-14/h5-13H,1-4H3. The summed E-state index contributed by atoms with van der Waals surface area (Å²) in [6.07, 6.45) is 0. The van der Waals surface area contributed by atoms with Crippen molar-refractivity contribution >= 4 is 11.8 Å². The predicted molar refractivity (Wildman–Crippen MR) is 90.9 cm³/mol. The third-order valence-corrected chi connectivity index (χ3v) is 3.55. The van der Waals surface area contributed by atoms with E-state index in [9.17, 15) is 14.0 Å². The number of nitrogens with zero attached hydrogens (tertiary/aromatic N) is 2. The van der Waals surface area contributed by atoms with Crippen molar-refractivity contribution in [1.82, 2.24) is 10.0 Å². The van der Waals surface area contributed by atoms with Crippen molar-refractivity contribution in [2.24, 2.45) is 0 Å². The Labute approximate surface area is 141 Å². The number of rotatable bonds is 2. The van der Waals surface area contributed by atoms with Gasteiger partial charge in [0.2, 0.25) is 0 Å². The molecule has 4 nitrogen and oxygen atoms in total. The first kappa shape index (κ1) is 17.7. The van der Waals surface area contributed by atoms with E-state index in [1.54, 1.807) is 51.1 Å². The molecule has 2 aromatic rings. The molecule has 2 amide bonds. The molecule has 0 saturated heterocycles. The SMILES string of the molecule is CN(C(=O)c1ccccc1)N(C(=O)c1ccccc1F)C(C)(C)C. The molecule has 0 spiro atoms. The smallest absolute Gasteiger partial charge is 0.267 e. The van der Waals surface area contributed by atoms with Crippen molar-refractivity contribution in [2.75, 3.05) is 7.05 Å². The van der Waals surface area contributed by atoms with Crippen LogP contribution in [0.2, 0.25) is 0 Å². The fraction of sp³-hybridized carbons (Fsp3) is 0.263. The molecular weight excluding hydrogens is 307 g/mol. The quantitative estimate of drug-likeness (QED) is 0.788. The van der Waals surface area contributed by atoms with Gasteiger partial charge in [0.15, 0.2) is 0 Å². The van der Waals surface area contributed by atoms with Gasteiger partial charge in [-0.1, -0.05) is 30.3 Å². The second kappa shape index (κ2) is 6.83. The van der Waals surface area contributed by atoms with E-state index in [1.165, 1.54) is 35.3 Å². The maximum atomic E-state index is 14.0. The van der Waals surface area contributed by atoms with E-state index in [0.29, 0.717) is 5.56 Å². The predicted octanol–water partition coefficient (Wildman–Crippen LogP) is 3.75. The van der Waals surface area contributed by atoms with Crippen molar-refractivity contribution in [3.8, 4) is 0 Å². The van der Waals surface area contributed by atoms with Gasteiger partial charge in [-0.2, -0.15) is 0 Å². The summed E-state index contributed by atoms with van der Waals surface area (Å²) in [6, 6.07) is 14.4. The number of benzene rings is 2. The van der Waals surface area contributed by atoms with Crippen LogP contribution in [0.3, 0.4) is 0 Å². The van der Waals surface area contributed by atoms with E-state index in [0.717, 1.165) is 0 Å². The molecule has 0 bridgehead atoms. The summed E-state index contributed by atoms with van der Waals surface area (Å²) in [5, 5.41) is 2.52. The van der Waals surface area contributed by atoms with Crippen LogP contribution in [0.4, 0.5) is 4.39 Å². The molecule has 0 N–H and O–H groups in total. The van der Waals surface area contributed by atoms with Crippen molar-refractivity contribution in [2.45, 2.75) is 26.3 Å². The molecule has 0 atom stereocenters. The lowest BCUT2D eigenvalue weighted by atomic mass is 10.1. The molecule has 0 heterocycles. The van der Waals surface area contributed by atoms with E-state index in [1.807, 2.05) is 6.07 Å². The molecule has 0 aliphatic rings. The van der Waals surface area contributed by atoms with Crippen LogP contribution in [0.5, 0.6) is 0 Å². The van der Waals surface area contributed by atoms with Crippen LogP contribution in [0, 0.1) is 5.82 Å². The minimum atomic E-state index is -0.710. The maximum absolute atomic E-state index is 14.0. The molecule has 2 aromatic carbocycles. The van der Waals surface area contributed by atoms with Crippen LogP contribution >= 0.6 is 0 Å². The van der Waals surface area contributed by atoms with Crippen LogP contribution in [0.25, 0.3) is 0 Å². The minimum absolute atomic E-state index is 0.0693. The largest absolute Gasteiger partial charge is 0.275 e. The summed E-state index contributed by atoms with van der Waals surface area (Å²) < 4.78 is 14.0. The Morgan fingerprint density at radius 2 is 1.42 bits per heavy atom. The minimum Gasteiger partial charge on any atom is -0.267 e. The van der Waals surface area contributed by atoms with Crippen molar-refractivity contribution in [3.05, 3.63) is 71.5 Å². The van der Waals surface area contributed by atoms with Gasteiger partial charge in [0.1, 0.15) is 5.82 Å². The second-order valence-corrected chi connectivity index (χ2v) is 6.46. The lowest BCUT2D eigenvalue weighted by Gasteiger charge is -2.41. The summed E-state index contributed by atoms with van der Waals surface area (Å²) in [5.41, 5.74) is -0.325. The zero-order valence-electron chi connectivity index (χ0n) is 14.3. The van der Waals surface area contributed by atoms with E-state index < -0.39 is 17.3 Å². The van der Waals surface area contributed by atoms with Crippen LogP contribution in [0.15, 0.2) is 54.6 Å². The Kier molecular flexibility index (Phi) is 5.02. The number of carbonyl (C=O) groups excluding carboxylic acids is 2. The average Bonchev–Trinajstić information content (AvgIpc) is 2.54. The lowest BCUT2D eigenvalue weighted by Crippen LogP contribution is -2.56. The molecule has 0 aromatic heterocycles. The Balaban J connectivity index is 2.41. The van der Waals surface area contributed by atoms with E-state index in [-0.39, 0.29) is 11.5 Å². The zero-order valence-corrected chi connectivity index (χ0v) is 14.3. The van der Waals surface area contributed by atoms with Crippen LogP contribution in [-0.4, -0.2) is 34.4 Å². The molecule has 126 valence electrons. The summed E-state index contributed by atoms with van der Waals surface area (Å²) in [5.74, 6) is -1.51. The number of hydrogen-bond acceptors (Lipinski definition) is 2. The molecule has 0 fully saturated rings. The van der Waals surface area contributed by atoms with Crippen LogP contribution in [-0.2, 0) is 0 Å². The van der Waals surface area contributed by atoms with Crippen molar-refractivity contribution in [1.29, 1.82) is 0 Å². The second-order valence-electron chi connectivity index (χ2n) is 6.46. The number of amides is 2. The molecule has 0 aliphatic carbocycles.